The Bertz CT molecular complexity index is 237. The smallest absolute Gasteiger partial charge is 0.170 e. The van der Waals surface area contributed by atoms with E-state index >= 15 is 0 Å². The molecule has 66 valence electrons. The number of hydrogen-bond acceptors (Lipinski definition) is 4. The summed E-state index contributed by atoms with van der Waals surface area (Å²) in [5, 5.41) is 2.04. The Morgan fingerprint density at radius 2 is 2.58 bits per heavy atom. The first-order valence-electron chi connectivity index (χ1n) is 3.90. The molecule has 3 nitrogen and oxygen atoms in total. The molecule has 12 heavy (non-hydrogen) atoms. The number of rotatable bonds is 2. The van der Waals surface area contributed by atoms with Gasteiger partial charge in [-0.3, -0.25) is 0 Å². The summed E-state index contributed by atoms with van der Waals surface area (Å²) in [7, 11) is 0. The molecular formula is C8H11NO2S. The molecule has 2 heterocycles. The first-order valence-corrected chi connectivity index (χ1v) is 4.78. The van der Waals surface area contributed by atoms with Crippen LogP contribution in [-0.4, -0.2) is 19.4 Å². The average Bonchev–Trinajstić information content (AvgIpc) is 2.75. The zero-order valence-electron chi connectivity index (χ0n) is 6.60. The van der Waals surface area contributed by atoms with Crippen LogP contribution in [0.5, 0.6) is 0 Å². The van der Waals surface area contributed by atoms with Crippen LogP contribution < -0.4 is 5.73 Å². The van der Waals surface area contributed by atoms with Crippen LogP contribution in [0.25, 0.3) is 0 Å². The van der Waals surface area contributed by atoms with Gasteiger partial charge in [-0.1, -0.05) is 6.07 Å². The van der Waals surface area contributed by atoms with E-state index in [-0.39, 0.29) is 12.4 Å². The predicted octanol–water partition coefficient (Wildman–Crippen LogP) is 1.12. The first-order chi connectivity index (χ1) is 5.90. The van der Waals surface area contributed by atoms with Gasteiger partial charge in [0.25, 0.3) is 0 Å². The van der Waals surface area contributed by atoms with Crippen LogP contribution in [0, 0.1) is 0 Å². The molecule has 1 saturated heterocycles. The van der Waals surface area contributed by atoms with Crippen molar-refractivity contribution in [1.29, 1.82) is 0 Å². The molecule has 2 atom stereocenters. The lowest BCUT2D eigenvalue weighted by Gasteiger charge is -2.06. The second-order valence-corrected chi connectivity index (χ2v) is 3.62. The fourth-order valence-electron chi connectivity index (χ4n) is 1.20. The highest BCUT2D eigenvalue weighted by Gasteiger charge is 2.26. The summed E-state index contributed by atoms with van der Waals surface area (Å²) in [5.74, 6) is 0. The maximum atomic E-state index is 5.52. The van der Waals surface area contributed by atoms with Crippen molar-refractivity contribution in [3.8, 4) is 0 Å². The molecule has 0 radical (unpaired) electrons. The minimum absolute atomic E-state index is 0.0959. The van der Waals surface area contributed by atoms with E-state index in [1.165, 1.54) is 4.88 Å². The molecule has 0 amide bonds. The normalized spacial score (nSPS) is 29.4. The molecule has 2 rings (SSSR count). The molecule has 0 bridgehead atoms. The van der Waals surface area contributed by atoms with Gasteiger partial charge in [-0.15, -0.1) is 11.3 Å². The monoisotopic (exact) mass is 185 g/mol. The summed E-state index contributed by atoms with van der Waals surface area (Å²) in [6.45, 7) is 1.06. The molecule has 2 unspecified atom stereocenters. The minimum atomic E-state index is -0.211. The van der Waals surface area contributed by atoms with E-state index in [4.69, 9.17) is 15.2 Å². The van der Waals surface area contributed by atoms with Crippen LogP contribution in [0.3, 0.4) is 0 Å². The van der Waals surface area contributed by atoms with Crippen LogP contribution >= 0.6 is 11.3 Å². The largest absolute Gasteiger partial charge is 0.348 e. The summed E-state index contributed by atoms with van der Waals surface area (Å²) in [6.07, 6.45) is -0.115. The van der Waals surface area contributed by atoms with E-state index in [2.05, 4.69) is 6.07 Å². The Kier molecular flexibility index (Phi) is 2.41. The lowest BCUT2D eigenvalue weighted by Crippen LogP contribution is -2.20. The van der Waals surface area contributed by atoms with Crippen molar-refractivity contribution in [2.24, 2.45) is 5.73 Å². The quantitative estimate of drug-likeness (QED) is 0.751. The lowest BCUT2D eigenvalue weighted by atomic mass is 10.3. The first kappa shape index (κ1) is 8.19. The molecule has 1 aromatic heterocycles. The fourth-order valence-corrected chi connectivity index (χ4v) is 1.95. The second-order valence-electron chi connectivity index (χ2n) is 2.64. The Morgan fingerprint density at radius 1 is 1.67 bits per heavy atom. The topological polar surface area (TPSA) is 44.5 Å². The van der Waals surface area contributed by atoms with Crippen LogP contribution in [0.1, 0.15) is 11.0 Å². The van der Waals surface area contributed by atoms with Crippen molar-refractivity contribution in [3.05, 3.63) is 22.4 Å². The second kappa shape index (κ2) is 3.53. The number of thiophene rings is 1. The highest BCUT2D eigenvalue weighted by Crippen LogP contribution is 2.28. The molecule has 1 aromatic rings. The highest BCUT2D eigenvalue weighted by atomic mass is 32.1. The average molecular weight is 185 g/mol. The van der Waals surface area contributed by atoms with Gasteiger partial charge < -0.3 is 15.2 Å². The van der Waals surface area contributed by atoms with Crippen molar-refractivity contribution in [1.82, 2.24) is 0 Å². The summed E-state index contributed by atoms with van der Waals surface area (Å²) in [5.41, 5.74) is 5.40. The molecule has 0 spiro atoms. The zero-order chi connectivity index (χ0) is 8.39. The summed E-state index contributed by atoms with van der Waals surface area (Å²) in [6, 6.07) is 4.07. The summed E-state index contributed by atoms with van der Waals surface area (Å²) in [4.78, 5) is 1.21. The third kappa shape index (κ3) is 1.51. The van der Waals surface area contributed by atoms with Crippen LogP contribution in [0.2, 0.25) is 0 Å². The van der Waals surface area contributed by atoms with Gasteiger partial charge in [-0.05, 0) is 11.4 Å². The van der Waals surface area contributed by atoms with Crippen molar-refractivity contribution >= 4 is 11.3 Å². The third-order valence-electron chi connectivity index (χ3n) is 1.80. The fraction of sp³-hybridized carbons (Fsp3) is 0.500. The van der Waals surface area contributed by atoms with E-state index in [1.807, 2.05) is 11.4 Å². The van der Waals surface area contributed by atoms with Crippen LogP contribution in [0.15, 0.2) is 17.5 Å². The molecule has 1 fully saturated rings. The predicted molar refractivity (Wildman–Crippen MR) is 46.9 cm³/mol. The Balaban J connectivity index is 2.00. The van der Waals surface area contributed by atoms with Gasteiger partial charge in [0.2, 0.25) is 0 Å². The van der Waals surface area contributed by atoms with E-state index in [9.17, 15) is 0 Å². The van der Waals surface area contributed by atoms with E-state index in [1.54, 1.807) is 11.3 Å². The van der Waals surface area contributed by atoms with Gasteiger partial charge >= 0.3 is 0 Å². The summed E-state index contributed by atoms with van der Waals surface area (Å²) >= 11 is 1.69. The van der Waals surface area contributed by atoms with Crippen LogP contribution in [0.4, 0.5) is 0 Å². The molecule has 1 aliphatic rings. The van der Waals surface area contributed by atoms with Gasteiger partial charge in [0.15, 0.2) is 6.29 Å². The zero-order valence-corrected chi connectivity index (χ0v) is 7.42. The Morgan fingerprint density at radius 3 is 3.17 bits per heavy atom. The van der Waals surface area contributed by atoms with E-state index in [0.717, 1.165) is 0 Å². The molecule has 4 heteroatoms. The molecule has 0 aromatic carbocycles. The minimum Gasteiger partial charge on any atom is -0.348 e. The van der Waals surface area contributed by atoms with Gasteiger partial charge in [0.1, 0.15) is 6.10 Å². The maximum Gasteiger partial charge on any atom is 0.170 e. The number of nitrogens with two attached hydrogens (primary N) is 1. The highest BCUT2D eigenvalue weighted by molar-refractivity contribution is 7.10. The molecular weight excluding hydrogens is 174 g/mol. The Labute approximate surface area is 75.1 Å². The van der Waals surface area contributed by atoms with Gasteiger partial charge in [0, 0.05) is 11.4 Å². The maximum absolute atomic E-state index is 5.52. The summed E-state index contributed by atoms with van der Waals surface area (Å²) < 4.78 is 10.8. The molecule has 2 N–H and O–H groups in total. The van der Waals surface area contributed by atoms with Crippen molar-refractivity contribution < 1.29 is 9.47 Å². The third-order valence-corrected chi connectivity index (χ3v) is 2.77. The Hall–Kier alpha value is -0.420. The molecule has 0 saturated carbocycles. The van der Waals surface area contributed by atoms with E-state index < -0.39 is 0 Å². The standard InChI is InChI=1S/C8H11NO2S/c9-4-8-10-5-6(11-8)7-2-1-3-12-7/h1-3,6,8H,4-5,9H2. The van der Waals surface area contributed by atoms with Gasteiger partial charge in [-0.2, -0.15) is 0 Å². The molecule has 1 aliphatic heterocycles. The van der Waals surface area contributed by atoms with Crippen molar-refractivity contribution in [2.45, 2.75) is 12.4 Å². The van der Waals surface area contributed by atoms with Crippen molar-refractivity contribution in [3.63, 3.8) is 0 Å². The van der Waals surface area contributed by atoms with Crippen molar-refractivity contribution in [2.75, 3.05) is 13.2 Å². The number of hydrogen-bond donors (Lipinski definition) is 1. The van der Waals surface area contributed by atoms with E-state index in [0.29, 0.717) is 13.2 Å². The number of ether oxygens (including phenoxy) is 2. The lowest BCUT2D eigenvalue weighted by molar-refractivity contribution is -0.0491. The van der Waals surface area contributed by atoms with Crippen LogP contribution in [-0.2, 0) is 9.47 Å². The molecule has 0 aliphatic carbocycles. The van der Waals surface area contributed by atoms with Gasteiger partial charge in [-0.25, -0.2) is 0 Å². The SMILES string of the molecule is NCC1OCC(c2cccs2)O1. The van der Waals surface area contributed by atoms with Gasteiger partial charge in [0.05, 0.1) is 6.61 Å².